The van der Waals surface area contributed by atoms with Gasteiger partial charge in [-0.3, -0.25) is 4.79 Å². The maximum Gasteiger partial charge on any atom is 0.252 e. The first kappa shape index (κ1) is 19.1. The highest BCUT2D eigenvalue weighted by Gasteiger charge is 2.26. The van der Waals surface area contributed by atoms with E-state index in [9.17, 15) is 4.79 Å². The Labute approximate surface area is 188 Å². The van der Waals surface area contributed by atoms with Crippen molar-refractivity contribution < 1.29 is 9.53 Å². The Bertz CT molecular complexity index is 1280. The molecule has 1 N–H and O–H groups in total. The molecule has 0 aliphatic carbocycles. The van der Waals surface area contributed by atoms with Gasteiger partial charge in [0.05, 0.1) is 29.4 Å². The average Bonchev–Trinajstić information content (AvgIpc) is 3.29. The lowest BCUT2D eigenvalue weighted by atomic mass is 10.0. The van der Waals surface area contributed by atoms with Crippen LogP contribution in [0.3, 0.4) is 0 Å². The van der Waals surface area contributed by atoms with Gasteiger partial charge in [-0.15, -0.1) is 0 Å². The smallest absolute Gasteiger partial charge is 0.252 e. The summed E-state index contributed by atoms with van der Waals surface area (Å²) in [7, 11) is 1.63. The molecule has 0 radical (unpaired) electrons. The Morgan fingerprint density at radius 1 is 1.13 bits per heavy atom. The van der Waals surface area contributed by atoms with Crippen LogP contribution in [0.1, 0.15) is 21.5 Å². The van der Waals surface area contributed by atoms with Crippen LogP contribution in [0.4, 0.5) is 0 Å². The molecule has 1 amide bonds. The number of fused-ring (bicyclic) bond motifs is 5. The first-order chi connectivity index (χ1) is 14.7. The number of hydrogen-bond donors (Lipinski definition) is 1. The summed E-state index contributed by atoms with van der Waals surface area (Å²) in [5.74, 6) is 0.551. The zero-order chi connectivity index (χ0) is 20.7. The predicted molar refractivity (Wildman–Crippen MR) is 126 cm³/mol. The number of carbonyl (C=O) groups is 1. The maximum absolute atomic E-state index is 12.6. The van der Waals surface area contributed by atoms with E-state index in [4.69, 9.17) is 9.72 Å². The third kappa shape index (κ3) is 3.15. The van der Waals surface area contributed by atoms with Crippen LogP contribution < -0.4 is 10.1 Å². The van der Waals surface area contributed by atoms with Crippen molar-refractivity contribution in [3.8, 4) is 17.1 Å². The standard InChI is InChI=1S/C24H20IN3O2/c1-30-21-11-10-20-22(27-21)18(23-16-7-3-2-6-15(16)14-28(20)23)12-13-26-24(29)17-8-4-5-9-19(17)25/h2-11H,12-14H2,1H3,(H,26,29). The van der Waals surface area contributed by atoms with Crippen molar-refractivity contribution in [2.45, 2.75) is 13.0 Å². The minimum absolute atomic E-state index is 0.0499. The molecule has 2 aromatic heterocycles. The monoisotopic (exact) mass is 509 g/mol. The Balaban J connectivity index is 1.49. The highest BCUT2D eigenvalue weighted by molar-refractivity contribution is 14.1. The molecule has 0 unspecified atom stereocenters. The highest BCUT2D eigenvalue weighted by Crippen LogP contribution is 2.41. The van der Waals surface area contributed by atoms with Gasteiger partial charge in [-0.1, -0.05) is 36.4 Å². The van der Waals surface area contributed by atoms with Crippen LogP contribution in [0.2, 0.25) is 0 Å². The molecule has 3 heterocycles. The zero-order valence-electron chi connectivity index (χ0n) is 16.5. The van der Waals surface area contributed by atoms with E-state index in [0.29, 0.717) is 24.4 Å². The molecule has 0 fully saturated rings. The van der Waals surface area contributed by atoms with Crippen LogP contribution >= 0.6 is 22.6 Å². The van der Waals surface area contributed by atoms with Gasteiger partial charge in [0.2, 0.25) is 5.88 Å². The molecule has 1 aliphatic heterocycles. The molecule has 2 aromatic carbocycles. The first-order valence-electron chi connectivity index (χ1n) is 9.84. The number of rotatable bonds is 5. The van der Waals surface area contributed by atoms with Crippen LogP contribution in [0.25, 0.3) is 22.3 Å². The minimum atomic E-state index is -0.0499. The number of nitrogens with one attached hydrogen (secondary N) is 1. The normalized spacial score (nSPS) is 11.9. The molecule has 4 aromatic rings. The summed E-state index contributed by atoms with van der Waals surface area (Å²) in [6.45, 7) is 1.38. The second kappa shape index (κ2) is 7.75. The van der Waals surface area contributed by atoms with Gasteiger partial charge >= 0.3 is 0 Å². The van der Waals surface area contributed by atoms with Crippen molar-refractivity contribution in [2.24, 2.45) is 0 Å². The minimum Gasteiger partial charge on any atom is -0.481 e. The number of halogens is 1. The third-order valence-corrected chi connectivity index (χ3v) is 6.51. The van der Waals surface area contributed by atoms with Crippen LogP contribution in [0.15, 0.2) is 60.7 Å². The number of nitrogens with zero attached hydrogens (tertiary/aromatic N) is 2. The van der Waals surface area contributed by atoms with E-state index in [-0.39, 0.29) is 5.91 Å². The van der Waals surface area contributed by atoms with Gasteiger partial charge in [-0.2, -0.15) is 0 Å². The molecule has 6 heteroatoms. The number of pyridine rings is 1. The summed E-state index contributed by atoms with van der Waals surface area (Å²) in [5, 5.41) is 3.07. The summed E-state index contributed by atoms with van der Waals surface area (Å²) < 4.78 is 8.64. The zero-order valence-corrected chi connectivity index (χ0v) is 18.6. The Morgan fingerprint density at radius 2 is 1.93 bits per heavy atom. The lowest BCUT2D eigenvalue weighted by Crippen LogP contribution is -2.26. The Morgan fingerprint density at radius 3 is 2.77 bits per heavy atom. The van der Waals surface area contributed by atoms with Gasteiger partial charge in [0.25, 0.3) is 5.91 Å². The second-order valence-electron chi connectivity index (χ2n) is 7.28. The molecule has 0 atom stereocenters. The van der Waals surface area contributed by atoms with Crippen LogP contribution in [-0.2, 0) is 13.0 Å². The molecular weight excluding hydrogens is 489 g/mol. The first-order valence-corrected chi connectivity index (χ1v) is 10.9. The molecule has 0 saturated carbocycles. The summed E-state index contributed by atoms with van der Waals surface area (Å²) >= 11 is 2.19. The van der Waals surface area contributed by atoms with E-state index in [1.54, 1.807) is 7.11 Å². The fraction of sp³-hybridized carbons (Fsp3) is 0.167. The van der Waals surface area contributed by atoms with Gasteiger partial charge in [0.1, 0.15) is 0 Å². The largest absolute Gasteiger partial charge is 0.481 e. The van der Waals surface area contributed by atoms with Gasteiger partial charge in [-0.05, 0) is 52.8 Å². The Kier molecular flexibility index (Phi) is 4.94. The van der Waals surface area contributed by atoms with Crippen molar-refractivity contribution in [1.82, 2.24) is 14.9 Å². The molecule has 0 bridgehead atoms. The van der Waals surface area contributed by atoms with Gasteiger partial charge < -0.3 is 14.6 Å². The summed E-state index contributed by atoms with van der Waals surface area (Å²) in [6.07, 6.45) is 0.697. The molecule has 0 spiro atoms. The molecule has 30 heavy (non-hydrogen) atoms. The van der Waals surface area contributed by atoms with E-state index >= 15 is 0 Å². The molecule has 5 nitrogen and oxygen atoms in total. The van der Waals surface area contributed by atoms with Crippen molar-refractivity contribution in [3.63, 3.8) is 0 Å². The van der Waals surface area contributed by atoms with Gasteiger partial charge in [0.15, 0.2) is 0 Å². The van der Waals surface area contributed by atoms with Gasteiger partial charge in [0, 0.05) is 33.9 Å². The molecule has 5 rings (SSSR count). The fourth-order valence-electron chi connectivity index (χ4n) is 4.19. The van der Waals surface area contributed by atoms with Crippen LogP contribution in [0.5, 0.6) is 5.88 Å². The number of aromatic nitrogens is 2. The van der Waals surface area contributed by atoms with Crippen LogP contribution in [-0.4, -0.2) is 29.1 Å². The SMILES string of the molecule is COc1ccc2c(n1)c(CCNC(=O)c1ccccc1I)c1n2Cc2ccccc2-1. The second-order valence-corrected chi connectivity index (χ2v) is 8.44. The number of benzene rings is 2. The van der Waals surface area contributed by atoms with Crippen molar-refractivity contribution in [3.05, 3.63) is 80.9 Å². The number of carbonyl (C=O) groups excluding carboxylic acids is 1. The third-order valence-electron chi connectivity index (χ3n) is 5.57. The van der Waals surface area contributed by atoms with E-state index in [1.165, 1.54) is 16.8 Å². The van der Waals surface area contributed by atoms with Crippen molar-refractivity contribution in [2.75, 3.05) is 13.7 Å². The lowest BCUT2D eigenvalue weighted by molar-refractivity contribution is 0.0953. The lowest BCUT2D eigenvalue weighted by Gasteiger charge is -2.08. The molecular formula is C24H20IN3O2. The summed E-state index contributed by atoms with van der Waals surface area (Å²) in [4.78, 5) is 17.4. The van der Waals surface area contributed by atoms with E-state index < -0.39 is 0 Å². The molecule has 150 valence electrons. The van der Waals surface area contributed by atoms with E-state index in [2.05, 4.69) is 62.8 Å². The average molecular weight is 509 g/mol. The topological polar surface area (TPSA) is 56.1 Å². The fourth-order valence-corrected chi connectivity index (χ4v) is 4.83. The quantitative estimate of drug-likeness (QED) is 0.351. The maximum atomic E-state index is 12.6. The predicted octanol–water partition coefficient (Wildman–Crippen LogP) is 4.65. The molecule has 0 saturated heterocycles. The van der Waals surface area contributed by atoms with Crippen LogP contribution in [0, 0.1) is 3.57 Å². The number of hydrogen-bond acceptors (Lipinski definition) is 3. The van der Waals surface area contributed by atoms with Crippen molar-refractivity contribution in [1.29, 1.82) is 0 Å². The Hall–Kier alpha value is -2.87. The molecule has 1 aliphatic rings. The summed E-state index contributed by atoms with van der Waals surface area (Å²) in [6, 6.07) is 20.1. The van der Waals surface area contributed by atoms with E-state index in [1.807, 2.05) is 30.3 Å². The number of methoxy groups -OCH3 is 1. The number of ether oxygens (including phenoxy) is 1. The highest BCUT2D eigenvalue weighted by atomic mass is 127. The van der Waals surface area contributed by atoms with Gasteiger partial charge in [-0.25, -0.2) is 4.98 Å². The van der Waals surface area contributed by atoms with Crippen molar-refractivity contribution >= 4 is 39.5 Å². The number of amides is 1. The summed E-state index contributed by atoms with van der Waals surface area (Å²) in [5.41, 5.74) is 7.66. The van der Waals surface area contributed by atoms with E-state index in [0.717, 1.165) is 26.7 Å².